The lowest BCUT2D eigenvalue weighted by Crippen LogP contribution is -2.54. The van der Waals surface area contributed by atoms with E-state index < -0.39 is 5.54 Å². The van der Waals surface area contributed by atoms with Crippen molar-refractivity contribution in [2.24, 2.45) is 0 Å². The SMILES string of the molecule is COc1ccc(CNC(CO)(CO)CO)cc1Cl. The van der Waals surface area contributed by atoms with E-state index in [0.29, 0.717) is 17.3 Å². The van der Waals surface area contributed by atoms with Gasteiger partial charge in [0, 0.05) is 6.54 Å². The minimum absolute atomic E-state index is 0.357. The molecule has 0 radical (unpaired) electrons. The molecule has 0 saturated heterocycles. The quantitative estimate of drug-likeness (QED) is 0.570. The van der Waals surface area contributed by atoms with Crippen LogP contribution in [0.5, 0.6) is 5.75 Å². The molecule has 0 fully saturated rings. The predicted octanol–water partition coefficient (Wildman–Crippen LogP) is 0.154. The topological polar surface area (TPSA) is 82.0 Å². The van der Waals surface area contributed by atoms with Gasteiger partial charge in [0.1, 0.15) is 5.75 Å². The van der Waals surface area contributed by atoms with Gasteiger partial charge in [0.05, 0.1) is 37.5 Å². The Morgan fingerprint density at radius 2 is 1.83 bits per heavy atom. The molecule has 0 spiro atoms. The third-order valence-corrected chi connectivity index (χ3v) is 3.09. The number of aliphatic hydroxyl groups is 3. The molecule has 0 bridgehead atoms. The third kappa shape index (κ3) is 3.57. The number of ether oxygens (including phenoxy) is 1. The number of benzene rings is 1. The van der Waals surface area contributed by atoms with Crippen molar-refractivity contribution < 1.29 is 20.1 Å². The molecule has 0 aromatic heterocycles. The molecule has 0 atom stereocenters. The second-order valence-corrected chi connectivity index (χ2v) is 4.48. The lowest BCUT2D eigenvalue weighted by molar-refractivity contribution is 0.0414. The molecule has 0 heterocycles. The van der Waals surface area contributed by atoms with Crippen molar-refractivity contribution in [2.75, 3.05) is 26.9 Å². The van der Waals surface area contributed by atoms with Crippen molar-refractivity contribution in [3.05, 3.63) is 28.8 Å². The summed E-state index contributed by atoms with van der Waals surface area (Å²) in [5.74, 6) is 0.582. The Morgan fingerprint density at radius 1 is 1.22 bits per heavy atom. The van der Waals surface area contributed by atoms with Crippen LogP contribution in [0.25, 0.3) is 0 Å². The molecule has 0 unspecified atom stereocenters. The van der Waals surface area contributed by atoms with Gasteiger partial charge >= 0.3 is 0 Å². The summed E-state index contributed by atoms with van der Waals surface area (Å²) in [6.45, 7) is -0.705. The molecular formula is C12H18ClNO4. The zero-order chi connectivity index (χ0) is 13.6. The first kappa shape index (κ1) is 15.2. The molecule has 4 N–H and O–H groups in total. The molecule has 0 aliphatic carbocycles. The molecule has 0 amide bonds. The maximum absolute atomic E-state index is 9.16. The van der Waals surface area contributed by atoms with Crippen LogP contribution in [0.2, 0.25) is 5.02 Å². The molecule has 0 aliphatic heterocycles. The summed E-state index contributed by atoms with van der Waals surface area (Å²) < 4.78 is 5.04. The molecule has 1 aromatic rings. The van der Waals surface area contributed by atoms with Crippen molar-refractivity contribution in [3.8, 4) is 5.75 Å². The van der Waals surface area contributed by atoms with Crippen molar-refractivity contribution in [1.82, 2.24) is 5.32 Å². The van der Waals surface area contributed by atoms with Gasteiger partial charge in [0.2, 0.25) is 0 Å². The number of halogens is 1. The molecule has 5 nitrogen and oxygen atoms in total. The zero-order valence-corrected chi connectivity index (χ0v) is 10.9. The van der Waals surface area contributed by atoms with Gasteiger partial charge in [-0.25, -0.2) is 0 Å². The van der Waals surface area contributed by atoms with Crippen LogP contribution in [0.3, 0.4) is 0 Å². The lowest BCUT2D eigenvalue weighted by atomic mass is 10.0. The molecule has 102 valence electrons. The van der Waals surface area contributed by atoms with Crippen molar-refractivity contribution >= 4 is 11.6 Å². The fourth-order valence-corrected chi connectivity index (χ4v) is 1.71. The van der Waals surface area contributed by atoms with E-state index in [1.165, 1.54) is 7.11 Å². The Hall–Kier alpha value is -0.850. The van der Waals surface area contributed by atoms with Crippen LogP contribution in [0.4, 0.5) is 0 Å². The number of aliphatic hydroxyl groups excluding tert-OH is 3. The summed E-state index contributed by atoms with van der Waals surface area (Å²) in [7, 11) is 1.54. The maximum Gasteiger partial charge on any atom is 0.137 e. The van der Waals surface area contributed by atoms with Crippen molar-refractivity contribution in [2.45, 2.75) is 12.1 Å². The van der Waals surface area contributed by atoms with Gasteiger partial charge in [-0.05, 0) is 17.7 Å². The zero-order valence-electron chi connectivity index (χ0n) is 10.2. The Balaban J connectivity index is 2.71. The number of hydrogen-bond acceptors (Lipinski definition) is 5. The highest BCUT2D eigenvalue weighted by atomic mass is 35.5. The highest BCUT2D eigenvalue weighted by molar-refractivity contribution is 6.32. The summed E-state index contributed by atoms with van der Waals surface area (Å²) in [6, 6.07) is 5.27. The predicted molar refractivity (Wildman–Crippen MR) is 68.8 cm³/mol. The number of rotatable bonds is 7. The second kappa shape index (κ2) is 6.92. The normalized spacial score (nSPS) is 11.6. The van der Waals surface area contributed by atoms with Gasteiger partial charge in [-0.2, -0.15) is 0 Å². The smallest absolute Gasteiger partial charge is 0.137 e. The summed E-state index contributed by atoms with van der Waals surface area (Å²) >= 11 is 5.98. The molecule has 6 heteroatoms. The van der Waals surface area contributed by atoms with Gasteiger partial charge < -0.3 is 25.4 Å². The summed E-state index contributed by atoms with van der Waals surface area (Å²) in [5, 5.41) is 30.9. The summed E-state index contributed by atoms with van der Waals surface area (Å²) in [4.78, 5) is 0. The van der Waals surface area contributed by atoms with E-state index in [1.54, 1.807) is 12.1 Å². The fraction of sp³-hybridized carbons (Fsp3) is 0.500. The molecule has 1 rings (SSSR count). The Bertz CT molecular complexity index is 374. The van der Waals surface area contributed by atoms with Gasteiger partial charge in [-0.15, -0.1) is 0 Å². The maximum atomic E-state index is 9.16. The highest BCUT2D eigenvalue weighted by Crippen LogP contribution is 2.25. The third-order valence-electron chi connectivity index (χ3n) is 2.79. The number of hydrogen-bond donors (Lipinski definition) is 4. The van der Waals surface area contributed by atoms with E-state index in [1.807, 2.05) is 6.07 Å². The number of nitrogens with one attached hydrogen (secondary N) is 1. The van der Waals surface area contributed by atoms with Crippen LogP contribution >= 0.6 is 11.6 Å². The van der Waals surface area contributed by atoms with E-state index in [0.717, 1.165) is 5.56 Å². The standard InChI is InChI=1S/C12H18ClNO4/c1-18-11-3-2-9(4-10(11)13)5-14-12(6-15,7-16)8-17/h2-4,14-17H,5-8H2,1H3. The van der Waals surface area contributed by atoms with Crippen molar-refractivity contribution in [3.63, 3.8) is 0 Å². The molecule has 18 heavy (non-hydrogen) atoms. The Kier molecular flexibility index (Phi) is 5.84. The van der Waals surface area contributed by atoms with Crippen LogP contribution in [-0.4, -0.2) is 47.8 Å². The van der Waals surface area contributed by atoms with Crippen LogP contribution in [0, 0.1) is 0 Å². The minimum atomic E-state index is -1.09. The second-order valence-electron chi connectivity index (χ2n) is 4.08. The Morgan fingerprint density at radius 3 is 2.28 bits per heavy atom. The average Bonchev–Trinajstić information content (AvgIpc) is 2.41. The molecule has 0 saturated carbocycles. The van der Waals surface area contributed by atoms with Crippen LogP contribution in [-0.2, 0) is 6.54 Å². The summed E-state index contributed by atoms with van der Waals surface area (Å²) in [6.07, 6.45) is 0. The van der Waals surface area contributed by atoms with Gasteiger partial charge in [-0.1, -0.05) is 17.7 Å². The first-order chi connectivity index (χ1) is 8.60. The first-order valence-electron chi connectivity index (χ1n) is 5.51. The molecular weight excluding hydrogens is 258 g/mol. The summed E-state index contributed by atoms with van der Waals surface area (Å²) in [5.41, 5.74) is -0.229. The molecule has 0 aliphatic rings. The van der Waals surface area contributed by atoms with E-state index in [-0.39, 0.29) is 19.8 Å². The minimum Gasteiger partial charge on any atom is -0.495 e. The van der Waals surface area contributed by atoms with Crippen LogP contribution in [0.1, 0.15) is 5.56 Å². The molecule has 1 aromatic carbocycles. The fourth-order valence-electron chi connectivity index (χ4n) is 1.43. The highest BCUT2D eigenvalue weighted by Gasteiger charge is 2.27. The van der Waals surface area contributed by atoms with Crippen LogP contribution in [0.15, 0.2) is 18.2 Å². The largest absolute Gasteiger partial charge is 0.495 e. The monoisotopic (exact) mass is 275 g/mol. The lowest BCUT2D eigenvalue weighted by Gasteiger charge is -2.28. The average molecular weight is 276 g/mol. The Labute approximate surface area is 111 Å². The first-order valence-corrected chi connectivity index (χ1v) is 5.88. The van der Waals surface area contributed by atoms with Crippen molar-refractivity contribution in [1.29, 1.82) is 0 Å². The van der Waals surface area contributed by atoms with Gasteiger partial charge in [-0.3, -0.25) is 0 Å². The van der Waals surface area contributed by atoms with Gasteiger partial charge in [0.15, 0.2) is 0 Å². The van der Waals surface area contributed by atoms with E-state index in [2.05, 4.69) is 5.32 Å². The van der Waals surface area contributed by atoms with E-state index in [4.69, 9.17) is 31.7 Å². The van der Waals surface area contributed by atoms with Gasteiger partial charge in [0.25, 0.3) is 0 Å². The van der Waals surface area contributed by atoms with E-state index in [9.17, 15) is 0 Å². The van der Waals surface area contributed by atoms with Crippen LogP contribution < -0.4 is 10.1 Å². The van der Waals surface area contributed by atoms with E-state index >= 15 is 0 Å². The number of methoxy groups -OCH3 is 1.